The fourth-order valence-corrected chi connectivity index (χ4v) is 3.95. The van der Waals surface area contributed by atoms with Crippen molar-refractivity contribution in [3.05, 3.63) is 29.5 Å². The summed E-state index contributed by atoms with van der Waals surface area (Å²) in [5, 5.41) is 10.9. The Bertz CT molecular complexity index is 790. The van der Waals surface area contributed by atoms with Crippen molar-refractivity contribution in [2.75, 3.05) is 12.4 Å². The largest absolute Gasteiger partial charge is 0.381 e. The van der Waals surface area contributed by atoms with Gasteiger partial charge in [-0.1, -0.05) is 0 Å². The van der Waals surface area contributed by atoms with Crippen LogP contribution in [0.15, 0.2) is 23.8 Å². The van der Waals surface area contributed by atoms with Crippen LogP contribution in [-0.4, -0.2) is 33.4 Å². The number of hydrogen-bond acceptors (Lipinski definition) is 6. The molecule has 0 aliphatic heterocycles. The van der Waals surface area contributed by atoms with Crippen LogP contribution in [0.25, 0.3) is 10.2 Å². The predicted molar refractivity (Wildman–Crippen MR) is 91.3 cm³/mol. The maximum Gasteiger partial charge on any atom is 0.153 e. The number of rotatable bonds is 4. The zero-order valence-corrected chi connectivity index (χ0v) is 13.8. The van der Waals surface area contributed by atoms with Crippen LogP contribution < -0.4 is 5.32 Å². The quantitative estimate of drug-likeness (QED) is 0.761. The molecule has 1 saturated carbocycles. The summed E-state index contributed by atoms with van der Waals surface area (Å²) in [6.45, 7) is 0. The van der Waals surface area contributed by atoms with Gasteiger partial charge in [-0.3, -0.25) is 5.10 Å². The number of nitrogens with zero attached hydrogens (tertiary/aromatic N) is 3. The van der Waals surface area contributed by atoms with Crippen LogP contribution in [0.2, 0.25) is 0 Å². The van der Waals surface area contributed by atoms with Gasteiger partial charge in [-0.15, -0.1) is 11.3 Å². The number of nitrogens with one attached hydrogen (secondary N) is 2. The van der Waals surface area contributed by atoms with Crippen molar-refractivity contribution in [3.63, 3.8) is 0 Å². The van der Waals surface area contributed by atoms with E-state index < -0.39 is 0 Å². The maximum atomic E-state index is 5.44. The summed E-state index contributed by atoms with van der Waals surface area (Å²) in [7, 11) is 1.80. The molecule has 6 nitrogen and oxygen atoms in total. The summed E-state index contributed by atoms with van der Waals surface area (Å²) < 4.78 is 6.49. The zero-order valence-electron chi connectivity index (χ0n) is 13.0. The van der Waals surface area contributed by atoms with Crippen molar-refractivity contribution < 1.29 is 4.74 Å². The molecule has 1 fully saturated rings. The van der Waals surface area contributed by atoms with Crippen molar-refractivity contribution in [2.24, 2.45) is 0 Å². The highest BCUT2D eigenvalue weighted by atomic mass is 32.1. The molecule has 7 heteroatoms. The Balaban J connectivity index is 1.49. The molecule has 0 saturated heterocycles. The van der Waals surface area contributed by atoms with Crippen molar-refractivity contribution in [2.45, 2.75) is 37.7 Å². The van der Waals surface area contributed by atoms with E-state index in [1.165, 1.54) is 5.69 Å². The number of thiazole rings is 1. The predicted octanol–water partition coefficient (Wildman–Crippen LogP) is 3.83. The first-order valence-electron chi connectivity index (χ1n) is 7.87. The molecule has 1 aliphatic carbocycles. The number of H-pyrrole nitrogens is 1. The number of hydrogen-bond donors (Lipinski definition) is 2. The number of aromatic amines is 1. The highest BCUT2D eigenvalue weighted by Gasteiger charge is 2.23. The second-order valence-electron chi connectivity index (χ2n) is 5.90. The lowest BCUT2D eigenvalue weighted by Gasteiger charge is -2.26. The number of fused-ring (bicyclic) bond motifs is 1. The molecule has 0 aromatic carbocycles. The van der Waals surface area contributed by atoms with Gasteiger partial charge in [0.15, 0.2) is 11.6 Å². The van der Waals surface area contributed by atoms with E-state index >= 15 is 0 Å². The lowest BCUT2D eigenvalue weighted by molar-refractivity contribution is 0.0655. The van der Waals surface area contributed by atoms with Gasteiger partial charge in [-0.25, -0.2) is 9.97 Å². The Labute approximate surface area is 138 Å². The van der Waals surface area contributed by atoms with Gasteiger partial charge >= 0.3 is 0 Å². The minimum absolute atomic E-state index is 0.417. The van der Waals surface area contributed by atoms with Crippen LogP contribution >= 0.6 is 11.3 Å². The third-order valence-electron chi connectivity index (χ3n) is 4.54. The molecule has 0 radical (unpaired) electrons. The average molecular weight is 329 g/mol. The Morgan fingerprint density at radius 2 is 2.13 bits per heavy atom. The SMILES string of the molecule is COC1CCC(c2cc(Nc3nccc4ncsc34)n[nH]2)CC1. The molecule has 4 rings (SSSR count). The molecule has 3 heterocycles. The average Bonchev–Trinajstić information content (AvgIpc) is 3.25. The van der Waals surface area contributed by atoms with Gasteiger partial charge < -0.3 is 10.1 Å². The van der Waals surface area contributed by atoms with E-state index in [-0.39, 0.29) is 0 Å². The van der Waals surface area contributed by atoms with Crippen LogP contribution in [0.5, 0.6) is 0 Å². The fourth-order valence-electron chi connectivity index (χ4n) is 3.22. The van der Waals surface area contributed by atoms with Crippen LogP contribution in [0.1, 0.15) is 37.3 Å². The summed E-state index contributed by atoms with van der Waals surface area (Å²) in [6.07, 6.45) is 6.70. The monoisotopic (exact) mass is 329 g/mol. The normalized spacial score (nSPS) is 21.6. The summed E-state index contributed by atoms with van der Waals surface area (Å²) in [4.78, 5) is 8.72. The summed E-state index contributed by atoms with van der Waals surface area (Å²) >= 11 is 1.58. The second-order valence-corrected chi connectivity index (χ2v) is 6.76. The van der Waals surface area contributed by atoms with Gasteiger partial charge in [0.25, 0.3) is 0 Å². The zero-order chi connectivity index (χ0) is 15.6. The van der Waals surface area contributed by atoms with E-state index in [4.69, 9.17) is 4.74 Å². The summed E-state index contributed by atoms with van der Waals surface area (Å²) in [5.74, 6) is 2.16. The van der Waals surface area contributed by atoms with Crippen LogP contribution in [-0.2, 0) is 4.74 Å². The van der Waals surface area contributed by atoms with Gasteiger partial charge in [-0.05, 0) is 31.7 Å². The minimum atomic E-state index is 0.417. The third-order valence-corrected chi connectivity index (χ3v) is 5.39. The van der Waals surface area contributed by atoms with E-state index in [1.54, 1.807) is 24.6 Å². The molecule has 3 aromatic heterocycles. The van der Waals surface area contributed by atoms with Gasteiger partial charge in [0.1, 0.15) is 0 Å². The topological polar surface area (TPSA) is 75.7 Å². The second kappa shape index (κ2) is 6.25. The molecule has 23 heavy (non-hydrogen) atoms. The molecule has 2 N–H and O–H groups in total. The molecule has 0 unspecified atom stereocenters. The summed E-state index contributed by atoms with van der Waals surface area (Å²) in [6, 6.07) is 4.01. The lowest BCUT2D eigenvalue weighted by Crippen LogP contribution is -2.19. The highest BCUT2D eigenvalue weighted by molar-refractivity contribution is 7.17. The fraction of sp³-hybridized carbons (Fsp3) is 0.438. The first kappa shape index (κ1) is 14.6. The maximum absolute atomic E-state index is 5.44. The van der Waals surface area contributed by atoms with E-state index in [1.807, 2.05) is 11.6 Å². The third kappa shape index (κ3) is 2.94. The van der Waals surface area contributed by atoms with E-state index in [0.717, 1.165) is 47.5 Å². The Kier molecular flexibility index (Phi) is 3.97. The number of aromatic nitrogens is 4. The first-order chi connectivity index (χ1) is 11.3. The van der Waals surface area contributed by atoms with Gasteiger partial charge in [0.05, 0.1) is 21.8 Å². The van der Waals surface area contributed by atoms with E-state index in [0.29, 0.717) is 12.0 Å². The first-order valence-corrected chi connectivity index (χ1v) is 8.75. The van der Waals surface area contributed by atoms with Gasteiger partial charge in [-0.2, -0.15) is 5.10 Å². The molecular weight excluding hydrogens is 310 g/mol. The molecule has 0 atom stereocenters. The van der Waals surface area contributed by atoms with E-state index in [2.05, 4.69) is 31.5 Å². The number of methoxy groups -OCH3 is 1. The van der Waals surface area contributed by atoms with Crippen molar-refractivity contribution in [1.29, 1.82) is 0 Å². The minimum Gasteiger partial charge on any atom is -0.381 e. The van der Waals surface area contributed by atoms with E-state index in [9.17, 15) is 0 Å². The van der Waals surface area contributed by atoms with Crippen molar-refractivity contribution in [1.82, 2.24) is 20.2 Å². The smallest absolute Gasteiger partial charge is 0.153 e. The van der Waals surface area contributed by atoms with Crippen LogP contribution in [0.4, 0.5) is 11.6 Å². The van der Waals surface area contributed by atoms with Crippen LogP contribution in [0.3, 0.4) is 0 Å². The number of ether oxygens (including phenoxy) is 1. The van der Waals surface area contributed by atoms with Crippen molar-refractivity contribution in [3.8, 4) is 0 Å². The number of anilines is 2. The molecule has 120 valence electrons. The molecule has 1 aliphatic rings. The molecule has 0 spiro atoms. The summed E-state index contributed by atoms with van der Waals surface area (Å²) in [5.41, 5.74) is 3.99. The highest BCUT2D eigenvalue weighted by Crippen LogP contribution is 2.34. The molecular formula is C16H19N5OS. The van der Waals surface area contributed by atoms with Gasteiger partial charge in [0.2, 0.25) is 0 Å². The molecule has 0 amide bonds. The Morgan fingerprint density at radius 1 is 1.26 bits per heavy atom. The number of pyridine rings is 1. The Morgan fingerprint density at radius 3 is 2.96 bits per heavy atom. The van der Waals surface area contributed by atoms with Gasteiger partial charge in [0, 0.05) is 31.0 Å². The van der Waals surface area contributed by atoms with Crippen molar-refractivity contribution >= 4 is 33.2 Å². The molecule has 3 aromatic rings. The lowest BCUT2D eigenvalue weighted by atomic mass is 9.85. The van der Waals surface area contributed by atoms with Crippen LogP contribution in [0, 0.1) is 0 Å². The standard InChI is InChI=1S/C16H19N5OS/c1-22-11-4-2-10(3-5-11)13-8-14(21-20-13)19-16-15-12(6-7-17-16)18-9-23-15/h6-11H,2-5H2,1H3,(H2,17,19,20,21). The Hall–Kier alpha value is -1.99. The molecule has 0 bridgehead atoms.